The fourth-order valence-corrected chi connectivity index (χ4v) is 6.87. The molecular formula is C23H45NO2S. The van der Waals surface area contributed by atoms with Gasteiger partial charge in [-0.1, -0.05) is 78.6 Å². The van der Waals surface area contributed by atoms with E-state index in [0.29, 0.717) is 11.8 Å². The van der Waals surface area contributed by atoms with Gasteiger partial charge in [-0.25, -0.2) is 8.51 Å². The van der Waals surface area contributed by atoms with Crippen LogP contribution in [0.2, 0.25) is 0 Å². The summed E-state index contributed by atoms with van der Waals surface area (Å²) in [5.74, 6) is 1.82. The fourth-order valence-electron chi connectivity index (χ4n) is 5.42. The summed E-state index contributed by atoms with van der Waals surface area (Å²) in [6.07, 6.45) is 16.2. The summed E-state index contributed by atoms with van der Waals surface area (Å²) in [5, 5.41) is 10.2. The van der Waals surface area contributed by atoms with Gasteiger partial charge in [0.15, 0.2) is 0 Å². The van der Waals surface area contributed by atoms with Gasteiger partial charge in [0, 0.05) is 18.8 Å². The molecule has 1 unspecified atom stereocenters. The molecule has 1 saturated heterocycles. The standard InChI is InChI=1S/C23H45NO2S/c1-4-5-6-7-8-9-10-11-12-13-18-27(26)24-17-15-21-20(2)22(25)14-16-23(21,3)19-24/h20-22,25H,4-19H2,1-3H3/t20-,21-,22-,23+,27?/m0/s1. The van der Waals surface area contributed by atoms with Crippen LogP contribution in [0.3, 0.4) is 0 Å². The number of fused-ring (bicyclic) bond motifs is 1. The Morgan fingerprint density at radius 1 is 1.00 bits per heavy atom. The molecule has 1 aliphatic carbocycles. The molecule has 1 N–H and O–H groups in total. The molecule has 4 heteroatoms. The second kappa shape index (κ2) is 11.9. The SMILES string of the molecule is CCCCCCCCCCCCS(=O)N1CC[C@H]2[C@H](C)[C@@H](O)CC[C@]2(C)C1. The number of rotatable bonds is 12. The lowest BCUT2D eigenvalue weighted by atomic mass is 9.59. The lowest BCUT2D eigenvalue weighted by Crippen LogP contribution is -2.54. The summed E-state index contributed by atoms with van der Waals surface area (Å²) in [5.41, 5.74) is 0.240. The van der Waals surface area contributed by atoms with E-state index >= 15 is 0 Å². The molecule has 1 heterocycles. The second-order valence-electron chi connectivity index (χ2n) is 9.59. The van der Waals surface area contributed by atoms with E-state index in [1.807, 2.05) is 0 Å². The monoisotopic (exact) mass is 399 g/mol. The molecule has 5 atom stereocenters. The van der Waals surface area contributed by atoms with Crippen LogP contribution in [0, 0.1) is 17.3 Å². The zero-order chi connectivity index (χ0) is 19.7. The van der Waals surface area contributed by atoms with Gasteiger partial charge in [-0.05, 0) is 42.9 Å². The zero-order valence-electron chi connectivity index (χ0n) is 18.3. The van der Waals surface area contributed by atoms with E-state index in [-0.39, 0.29) is 11.5 Å². The first-order valence-corrected chi connectivity index (χ1v) is 13.1. The summed E-state index contributed by atoms with van der Waals surface area (Å²) < 4.78 is 15.0. The smallest absolute Gasteiger partial charge is 0.0942 e. The Bertz CT molecular complexity index is 444. The predicted octanol–water partition coefficient (Wildman–Crippen LogP) is 5.69. The Morgan fingerprint density at radius 2 is 1.59 bits per heavy atom. The van der Waals surface area contributed by atoms with E-state index in [0.717, 1.165) is 44.5 Å². The molecule has 1 aliphatic heterocycles. The van der Waals surface area contributed by atoms with Crippen LogP contribution in [0.4, 0.5) is 0 Å². The van der Waals surface area contributed by atoms with Crippen molar-refractivity contribution < 1.29 is 9.32 Å². The van der Waals surface area contributed by atoms with Crippen LogP contribution in [0.15, 0.2) is 0 Å². The van der Waals surface area contributed by atoms with E-state index in [9.17, 15) is 9.32 Å². The van der Waals surface area contributed by atoms with Crippen molar-refractivity contribution in [1.82, 2.24) is 4.31 Å². The third kappa shape index (κ3) is 7.12. The largest absolute Gasteiger partial charge is 0.393 e. The molecule has 0 aromatic heterocycles. The Labute approximate surface area is 171 Å². The number of aliphatic hydroxyl groups is 1. The Kier molecular flexibility index (Phi) is 10.3. The lowest BCUT2D eigenvalue weighted by Gasteiger charge is -2.52. The van der Waals surface area contributed by atoms with Crippen LogP contribution in [-0.2, 0) is 11.0 Å². The second-order valence-corrected chi connectivity index (χ2v) is 11.2. The first-order valence-electron chi connectivity index (χ1n) is 11.8. The van der Waals surface area contributed by atoms with E-state index in [2.05, 4.69) is 25.1 Å². The van der Waals surface area contributed by atoms with Gasteiger partial charge in [0.05, 0.1) is 17.1 Å². The highest BCUT2D eigenvalue weighted by Crippen LogP contribution is 2.49. The third-order valence-corrected chi connectivity index (χ3v) is 8.86. The third-order valence-electron chi connectivity index (χ3n) is 7.34. The van der Waals surface area contributed by atoms with Gasteiger partial charge in [-0.3, -0.25) is 0 Å². The minimum atomic E-state index is -0.809. The van der Waals surface area contributed by atoms with Crippen molar-refractivity contribution in [2.75, 3.05) is 18.8 Å². The first-order chi connectivity index (χ1) is 13.0. The molecule has 0 bridgehead atoms. The minimum absolute atomic E-state index is 0.133. The normalized spacial score (nSPS) is 33.0. The molecular weight excluding hydrogens is 354 g/mol. The Morgan fingerprint density at radius 3 is 2.22 bits per heavy atom. The van der Waals surface area contributed by atoms with Crippen LogP contribution in [0.1, 0.15) is 104 Å². The molecule has 0 amide bonds. The van der Waals surface area contributed by atoms with Gasteiger partial charge in [-0.15, -0.1) is 0 Å². The highest BCUT2D eigenvalue weighted by atomic mass is 32.2. The van der Waals surface area contributed by atoms with Gasteiger partial charge in [0.2, 0.25) is 0 Å². The van der Waals surface area contributed by atoms with Gasteiger partial charge in [-0.2, -0.15) is 0 Å². The average molecular weight is 400 g/mol. The van der Waals surface area contributed by atoms with Crippen molar-refractivity contribution in [1.29, 1.82) is 0 Å². The molecule has 27 heavy (non-hydrogen) atoms. The highest BCUT2D eigenvalue weighted by Gasteiger charge is 2.47. The van der Waals surface area contributed by atoms with Crippen LogP contribution in [0.25, 0.3) is 0 Å². The number of piperidine rings is 1. The van der Waals surface area contributed by atoms with Gasteiger partial charge in [0.1, 0.15) is 0 Å². The first kappa shape index (κ1) is 23.3. The summed E-state index contributed by atoms with van der Waals surface area (Å²) in [6.45, 7) is 8.75. The van der Waals surface area contributed by atoms with Crippen molar-refractivity contribution in [2.24, 2.45) is 17.3 Å². The maximum Gasteiger partial charge on any atom is 0.0942 e. The lowest BCUT2D eigenvalue weighted by molar-refractivity contribution is -0.0614. The molecule has 2 aliphatic rings. The summed E-state index contributed by atoms with van der Waals surface area (Å²) in [6, 6.07) is 0. The average Bonchev–Trinajstić information content (AvgIpc) is 2.66. The fraction of sp³-hybridized carbons (Fsp3) is 1.00. The van der Waals surface area contributed by atoms with E-state index < -0.39 is 11.0 Å². The van der Waals surface area contributed by atoms with Crippen molar-refractivity contribution in [2.45, 2.75) is 110 Å². The molecule has 3 nitrogen and oxygen atoms in total. The van der Waals surface area contributed by atoms with Crippen LogP contribution < -0.4 is 0 Å². The van der Waals surface area contributed by atoms with Crippen LogP contribution >= 0.6 is 0 Å². The number of aliphatic hydroxyl groups excluding tert-OH is 1. The van der Waals surface area contributed by atoms with Crippen LogP contribution in [0.5, 0.6) is 0 Å². The Balaban J connectivity index is 1.58. The van der Waals surface area contributed by atoms with Crippen molar-refractivity contribution >= 4 is 11.0 Å². The zero-order valence-corrected chi connectivity index (χ0v) is 19.1. The van der Waals surface area contributed by atoms with Crippen molar-refractivity contribution in [3.05, 3.63) is 0 Å². The van der Waals surface area contributed by atoms with Crippen LogP contribution in [-0.4, -0.2) is 38.6 Å². The summed E-state index contributed by atoms with van der Waals surface area (Å²) >= 11 is 0. The molecule has 2 fully saturated rings. The maximum absolute atomic E-state index is 12.8. The van der Waals surface area contributed by atoms with Gasteiger partial charge in [0.25, 0.3) is 0 Å². The Hall–Kier alpha value is 0.0700. The molecule has 0 aromatic rings. The van der Waals surface area contributed by atoms with Gasteiger partial charge >= 0.3 is 0 Å². The predicted molar refractivity (Wildman–Crippen MR) is 117 cm³/mol. The summed E-state index contributed by atoms with van der Waals surface area (Å²) in [4.78, 5) is 0. The molecule has 0 spiro atoms. The highest BCUT2D eigenvalue weighted by molar-refractivity contribution is 7.82. The van der Waals surface area contributed by atoms with Gasteiger partial charge < -0.3 is 5.11 Å². The van der Waals surface area contributed by atoms with E-state index in [1.165, 1.54) is 57.8 Å². The van der Waals surface area contributed by atoms with Crippen molar-refractivity contribution in [3.63, 3.8) is 0 Å². The molecule has 0 radical (unpaired) electrons. The summed E-state index contributed by atoms with van der Waals surface area (Å²) in [7, 11) is -0.809. The molecule has 160 valence electrons. The van der Waals surface area contributed by atoms with Crippen molar-refractivity contribution in [3.8, 4) is 0 Å². The topological polar surface area (TPSA) is 40.5 Å². The maximum atomic E-state index is 12.8. The number of nitrogens with zero attached hydrogens (tertiary/aromatic N) is 1. The quantitative estimate of drug-likeness (QED) is 0.428. The number of hydrogen-bond donors (Lipinski definition) is 1. The minimum Gasteiger partial charge on any atom is -0.393 e. The molecule has 0 aromatic carbocycles. The van der Waals surface area contributed by atoms with E-state index in [4.69, 9.17) is 0 Å². The molecule has 2 rings (SSSR count). The number of unbranched alkanes of at least 4 members (excludes halogenated alkanes) is 9. The number of hydrogen-bond acceptors (Lipinski definition) is 2. The molecule has 1 saturated carbocycles. The van der Waals surface area contributed by atoms with E-state index in [1.54, 1.807) is 0 Å².